The summed E-state index contributed by atoms with van der Waals surface area (Å²) < 4.78 is 0. The van der Waals surface area contributed by atoms with Crippen LogP contribution in [0.5, 0.6) is 0 Å². The first kappa shape index (κ1) is 30.5. The molecule has 0 unspecified atom stereocenters. The molecule has 186 valence electrons. The Labute approximate surface area is 248 Å². The van der Waals surface area contributed by atoms with Crippen molar-refractivity contribution in [2.75, 3.05) is 0 Å². The molecule has 1 N–H and O–H groups in total. The van der Waals surface area contributed by atoms with Crippen LogP contribution in [-0.4, -0.2) is 0 Å². The summed E-state index contributed by atoms with van der Waals surface area (Å²) in [6, 6.07) is 32.4. The van der Waals surface area contributed by atoms with Crippen molar-refractivity contribution in [2.24, 2.45) is 0 Å². The van der Waals surface area contributed by atoms with Gasteiger partial charge >= 0.3 is 21.7 Å². The van der Waals surface area contributed by atoms with Crippen molar-refractivity contribution in [1.82, 2.24) is 0 Å². The quantitative estimate of drug-likeness (QED) is 0.218. The first-order chi connectivity index (χ1) is 16.4. The van der Waals surface area contributed by atoms with E-state index in [2.05, 4.69) is 92.7 Å². The second-order valence-corrected chi connectivity index (χ2v) is 9.25. The molecule has 1 aliphatic rings. The molecule has 0 saturated carbocycles. The number of nitrogens with one attached hydrogen (secondary N) is 1. The van der Waals surface area contributed by atoms with Crippen molar-refractivity contribution in [3.8, 4) is 22.3 Å². The summed E-state index contributed by atoms with van der Waals surface area (Å²) in [6.07, 6.45) is 1.01. The van der Waals surface area contributed by atoms with Gasteiger partial charge in [0.25, 0.3) is 0 Å². The minimum atomic E-state index is 0. The van der Waals surface area contributed by atoms with E-state index in [0.29, 0.717) is 5.69 Å². The van der Waals surface area contributed by atoms with Crippen molar-refractivity contribution in [1.29, 1.82) is 0 Å². The molecule has 0 aromatic heterocycles. The fourth-order valence-electron chi connectivity index (χ4n) is 5.18. The first-order valence-electron chi connectivity index (χ1n) is 11.8. The minimum absolute atomic E-state index is 0. The van der Waals surface area contributed by atoms with Gasteiger partial charge in [-0.05, 0) is 49.4 Å². The standard InChI is InChI=1S/C24H17.C9H12N.2ClH.Ti/c1-16-19-9-4-2-7-17(19)13-14-20(16)22-11-6-12-23-21-10-5-3-8-18(21)15-24(22)23;1-6-4-7(2)9(10)8(3)5-6;;;/h2-14H,1,15H2;4-5,10H,1-3H3;2*1H;/q2*-1;;;+2/p-2. The fraction of sp³-hybridized carbons (Fsp3) is 0.121. The predicted molar refractivity (Wildman–Crippen MR) is 147 cm³/mol. The summed E-state index contributed by atoms with van der Waals surface area (Å²) in [5.74, 6) is 0. The molecule has 0 amide bonds. The molecule has 6 rings (SSSR count). The van der Waals surface area contributed by atoms with E-state index < -0.39 is 0 Å². The van der Waals surface area contributed by atoms with Crippen LogP contribution in [0.3, 0.4) is 0 Å². The van der Waals surface area contributed by atoms with Crippen LogP contribution >= 0.6 is 0 Å². The zero-order valence-electron chi connectivity index (χ0n) is 21.3. The van der Waals surface area contributed by atoms with Gasteiger partial charge in [-0.15, -0.1) is 28.8 Å². The Morgan fingerprint density at radius 1 is 0.649 bits per heavy atom. The summed E-state index contributed by atoms with van der Waals surface area (Å²) in [6.45, 7) is 10.4. The van der Waals surface area contributed by atoms with Gasteiger partial charge in [0, 0.05) is 0 Å². The van der Waals surface area contributed by atoms with Crippen LogP contribution in [0, 0.1) is 27.7 Å². The Morgan fingerprint density at radius 3 is 1.92 bits per heavy atom. The summed E-state index contributed by atoms with van der Waals surface area (Å²) in [5.41, 5.74) is 20.9. The van der Waals surface area contributed by atoms with E-state index >= 15 is 0 Å². The Bertz CT molecular complexity index is 1520. The van der Waals surface area contributed by atoms with Gasteiger partial charge in [-0.3, -0.25) is 0 Å². The van der Waals surface area contributed by atoms with Crippen LogP contribution in [0.2, 0.25) is 0 Å². The molecule has 0 bridgehead atoms. The normalized spacial score (nSPS) is 10.6. The Balaban J connectivity index is 0.000000320. The second-order valence-electron chi connectivity index (χ2n) is 9.25. The molecule has 0 atom stereocenters. The number of hydrogen-bond acceptors (Lipinski definition) is 0. The second kappa shape index (κ2) is 12.7. The molecule has 37 heavy (non-hydrogen) atoms. The third-order valence-electron chi connectivity index (χ3n) is 6.86. The average Bonchev–Trinajstić information content (AvgIpc) is 3.22. The van der Waals surface area contributed by atoms with E-state index in [9.17, 15) is 0 Å². The van der Waals surface area contributed by atoms with Gasteiger partial charge in [0.05, 0.1) is 0 Å². The molecule has 4 heteroatoms. The molecule has 5 aromatic rings. The van der Waals surface area contributed by atoms with Crippen LogP contribution in [0.1, 0.15) is 33.4 Å². The minimum Gasteiger partial charge on any atom is -1.00 e. The van der Waals surface area contributed by atoms with Crippen molar-refractivity contribution >= 4 is 16.5 Å². The van der Waals surface area contributed by atoms with Crippen molar-refractivity contribution < 1.29 is 46.5 Å². The summed E-state index contributed by atoms with van der Waals surface area (Å²) in [5, 5.41) is 2.49. The van der Waals surface area contributed by atoms with Gasteiger partial charge in [0.15, 0.2) is 0 Å². The number of rotatable bonds is 1. The Kier molecular flexibility index (Phi) is 10.5. The largest absolute Gasteiger partial charge is 2.00 e. The van der Waals surface area contributed by atoms with Crippen molar-refractivity contribution in [3.05, 3.63) is 137 Å². The molecule has 0 heterocycles. The van der Waals surface area contributed by atoms with E-state index in [0.717, 1.165) is 23.1 Å². The number of aryl methyl sites for hydroxylation is 3. The molecular formula is C33H29Cl2NTi-2. The Hall–Kier alpha value is -2.68. The molecule has 0 aliphatic heterocycles. The average molecular weight is 558 g/mol. The zero-order chi connectivity index (χ0) is 23.8. The zero-order valence-corrected chi connectivity index (χ0v) is 24.4. The fourth-order valence-corrected chi connectivity index (χ4v) is 5.18. The third kappa shape index (κ3) is 5.92. The number of halogens is 2. The van der Waals surface area contributed by atoms with Crippen LogP contribution in [-0.2, 0) is 28.1 Å². The van der Waals surface area contributed by atoms with Crippen LogP contribution in [0.15, 0.2) is 91.0 Å². The van der Waals surface area contributed by atoms with Gasteiger partial charge in [-0.1, -0.05) is 107 Å². The van der Waals surface area contributed by atoms with E-state index in [1.165, 1.54) is 49.7 Å². The molecular weight excluding hydrogens is 529 g/mol. The molecule has 1 nitrogen and oxygen atoms in total. The third-order valence-corrected chi connectivity index (χ3v) is 6.86. The van der Waals surface area contributed by atoms with Gasteiger partial charge in [-0.2, -0.15) is 12.5 Å². The molecule has 0 radical (unpaired) electrons. The van der Waals surface area contributed by atoms with Crippen molar-refractivity contribution in [2.45, 2.75) is 27.2 Å². The van der Waals surface area contributed by atoms with Crippen LogP contribution < -0.4 is 24.8 Å². The monoisotopic (exact) mass is 557 g/mol. The Morgan fingerprint density at radius 2 is 1.22 bits per heavy atom. The summed E-state index contributed by atoms with van der Waals surface area (Å²) in [7, 11) is 0. The maximum absolute atomic E-state index is 7.54. The SMILES string of the molecule is Cc1cc(C)c([NH-])c(C)c1.[CH2-]c1c(-c2cccc3c2Cc2ccccc2-3)ccc2ccccc12.[Cl-].[Cl-].[Ti+2]. The predicted octanol–water partition coefficient (Wildman–Crippen LogP) is 3.56. The molecule has 0 spiro atoms. The summed E-state index contributed by atoms with van der Waals surface area (Å²) >= 11 is 0. The van der Waals surface area contributed by atoms with Gasteiger partial charge < -0.3 is 30.5 Å². The summed E-state index contributed by atoms with van der Waals surface area (Å²) in [4.78, 5) is 0. The van der Waals surface area contributed by atoms with E-state index in [1.54, 1.807) is 0 Å². The first-order valence-corrected chi connectivity index (χ1v) is 11.8. The smallest absolute Gasteiger partial charge is 1.00 e. The van der Waals surface area contributed by atoms with E-state index in [-0.39, 0.29) is 46.5 Å². The van der Waals surface area contributed by atoms with E-state index in [4.69, 9.17) is 5.73 Å². The van der Waals surface area contributed by atoms with Crippen molar-refractivity contribution in [3.63, 3.8) is 0 Å². The van der Waals surface area contributed by atoms with E-state index in [1.807, 2.05) is 26.0 Å². The maximum Gasteiger partial charge on any atom is 2.00 e. The van der Waals surface area contributed by atoms with Gasteiger partial charge in [0.1, 0.15) is 0 Å². The molecule has 1 aliphatic carbocycles. The van der Waals surface area contributed by atoms with Gasteiger partial charge in [-0.25, -0.2) is 0 Å². The van der Waals surface area contributed by atoms with Crippen LogP contribution in [0.25, 0.3) is 38.8 Å². The number of benzene rings is 5. The maximum atomic E-state index is 7.54. The topological polar surface area (TPSA) is 23.8 Å². The van der Waals surface area contributed by atoms with Gasteiger partial charge in [0.2, 0.25) is 0 Å². The molecule has 0 fully saturated rings. The number of hydrogen-bond donors (Lipinski definition) is 0. The van der Waals surface area contributed by atoms with Crippen LogP contribution in [0.4, 0.5) is 5.69 Å². The number of fused-ring (bicyclic) bond motifs is 4. The molecule has 0 saturated heterocycles. The molecule has 5 aromatic carbocycles.